The standard InChI is InChI=1S/C22H22O3/c1-2-16-24-19-12-8-17(9-13-19)22(23)18-10-14-21(15-11-18)25-20-6-4-3-5-7-20/h1,8-15,20H,3-7,16H2. The van der Waals surface area contributed by atoms with E-state index in [1.165, 1.54) is 19.3 Å². The van der Waals surface area contributed by atoms with Gasteiger partial charge in [0.15, 0.2) is 5.78 Å². The number of benzene rings is 2. The summed E-state index contributed by atoms with van der Waals surface area (Å²) < 4.78 is 11.3. The SMILES string of the molecule is C#CCOc1ccc(C(=O)c2ccc(OC3CCCCC3)cc2)cc1. The summed E-state index contributed by atoms with van der Waals surface area (Å²) in [6.07, 6.45) is 11.5. The molecule has 0 aliphatic heterocycles. The van der Waals surface area contributed by atoms with Crippen LogP contribution >= 0.6 is 0 Å². The van der Waals surface area contributed by atoms with Gasteiger partial charge in [0.2, 0.25) is 0 Å². The van der Waals surface area contributed by atoms with Crippen molar-refractivity contribution < 1.29 is 14.3 Å². The first-order valence-electron chi connectivity index (χ1n) is 8.74. The first kappa shape index (κ1) is 17.1. The highest BCUT2D eigenvalue weighted by Crippen LogP contribution is 2.24. The fraction of sp³-hybridized carbons (Fsp3) is 0.318. The minimum atomic E-state index is -0.0206. The van der Waals surface area contributed by atoms with Gasteiger partial charge in [-0.3, -0.25) is 4.79 Å². The molecule has 0 N–H and O–H groups in total. The van der Waals surface area contributed by atoms with Crippen LogP contribution in [0.5, 0.6) is 11.5 Å². The van der Waals surface area contributed by atoms with E-state index >= 15 is 0 Å². The Bertz CT molecular complexity index is 732. The third-order valence-corrected chi connectivity index (χ3v) is 4.41. The molecule has 0 heterocycles. The Morgan fingerprint density at radius 1 is 0.920 bits per heavy atom. The maximum absolute atomic E-state index is 12.6. The highest BCUT2D eigenvalue weighted by atomic mass is 16.5. The van der Waals surface area contributed by atoms with Gasteiger partial charge in [-0.15, -0.1) is 6.42 Å². The van der Waals surface area contributed by atoms with Gasteiger partial charge in [-0.25, -0.2) is 0 Å². The van der Waals surface area contributed by atoms with E-state index in [4.69, 9.17) is 15.9 Å². The lowest BCUT2D eigenvalue weighted by molar-refractivity contribution is 0.103. The lowest BCUT2D eigenvalue weighted by Crippen LogP contribution is -2.19. The van der Waals surface area contributed by atoms with Gasteiger partial charge in [0.25, 0.3) is 0 Å². The highest BCUT2D eigenvalue weighted by Gasteiger charge is 2.15. The molecular formula is C22H22O3. The predicted molar refractivity (Wildman–Crippen MR) is 98.1 cm³/mol. The first-order chi connectivity index (χ1) is 12.3. The maximum Gasteiger partial charge on any atom is 0.193 e. The zero-order chi connectivity index (χ0) is 17.5. The van der Waals surface area contributed by atoms with Crippen LogP contribution < -0.4 is 9.47 Å². The van der Waals surface area contributed by atoms with Crippen LogP contribution in [0.1, 0.15) is 48.0 Å². The molecule has 3 rings (SSSR count). The topological polar surface area (TPSA) is 35.5 Å². The second kappa shape index (κ2) is 8.39. The summed E-state index contributed by atoms with van der Waals surface area (Å²) in [5, 5.41) is 0. The minimum Gasteiger partial charge on any atom is -0.490 e. The normalized spacial score (nSPS) is 14.5. The van der Waals surface area contributed by atoms with E-state index in [-0.39, 0.29) is 12.4 Å². The molecule has 0 saturated heterocycles. The van der Waals surface area contributed by atoms with E-state index in [1.54, 1.807) is 24.3 Å². The van der Waals surface area contributed by atoms with Gasteiger partial charge in [-0.05, 0) is 74.2 Å². The molecule has 1 aliphatic rings. The number of carbonyl (C=O) groups excluding carboxylic acids is 1. The molecule has 1 saturated carbocycles. The zero-order valence-electron chi connectivity index (χ0n) is 14.2. The third-order valence-electron chi connectivity index (χ3n) is 4.41. The van der Waals surface area contributed by atoms with Crippen molar-refractivity contribution in [2.45, 2.75) is 38.2 Å². The van der Waals surface area contributed by atoms with Crippen LogP contribution in [0.25, 0.3) is 0 Å². The van der Waals surface area contributed by atoms with Crippen molar-refractivity contribution >= 4 is 5.78 Å². The Morgan fingerprint density at radius 2 is 1.48 bits per heavy atom. The molecular weight excluding hydrogens is 312 g/mol. The van der Waals surface area contributed by atoms with E-state index in [0.29, 0.717) is 23.0 Å². The average molecular weight is 334 g/mol. The lowest BCUT2D eigenvalue weighted by Gasteiger charge is -2.23. The van der Waals surface area contributed by atoms with Crippen LogP contribution in [0.15, 0.2) is 48.5 Å². The molecule has 128 valence electrons. The molecule has 3 heteroatoms. The van der Waals surface area contributed by atoms with Crippen molar-refractivity contribution in [2.24, 2.45) is 0 Å². The highest BCUT2D eigenvalue weighted by molar-refractivity contribution is 6.09. The average Bonchev–Trinajstić information content (AvgIpc) is 2.68. The predicted octanol–water partition coefficient (Wildman–Crippen LogP) is 4.64. The second-order valence-corrected chi connectivity index (χ2v) is 6.25. The molecule has 0 bridgehead atoms. The number of rotatable bonds is 6. The number of terminal acetylenes is 1. The van der Waals surface area contributed by atoms with Crippen LogP contribution in [0.3, 0.4) is 0 Å². The van der Waals surface area contributed by atoms with Crippen molar-refractivity contribution in [2.75, 3.05) is 6.61 Å². The molecule has 0 unspecified atom stereocenters. The molecule has 0 spiro atoms. The molecule has 0 amide bonds. The quantitative estimate of drug-likeness (QED) is 0.570. The molecule has 2 aromatic carbocycles. The third kappa shape index (κ3) is 4.64. The Morgan fingerprint density at radius 3 is 2.04 bits per heavy atom. The van der Waals surface area contributed by atoms with E-state index in [0.717, 1.165) is 18.6 Å². The molecule has 1 fully saturated rings. The molecule has 25 heavy (non-hydrogen) atoms. The van der Waals surface area contributed by atoms with E-state index in [2.05, 4.69) is 5.92 Å². The van der Waals surface area contributed by atoms with Gasteiger partial charge in [-0.2, -0.15) is 0 Å². The Kier molecular flexibility index (Phi) is 5.74. The molecule has 3 nitrogen and oxygen atoms in total. The summed E-state index contributed by atoms with van der Waals surface area (Å²) >= 11 is 0. The fourth-order valence-electron chi connectivity index (χ4n) is 3.05. The van der Waals surface area contributed by atoms with Crippen LogP contribution in [-0.4, -0.2) is 18.5 Å². The van der Waals surface area contributed by atoms with E-state index < -0.39 is 0 Å². The van der Waals surface area contributed by atoms with Gasteiger partial charge in [0.1, 0.15) is 18.1 Å². The number of ketones is 1. The Balaban J connectivity index is 1.63. The Labute approximate surface area is 149 Å². The number of hydrogen-bond donors (Lipinski definition) is 0. The van der Waals surface area contributed by atoms with Gasteiger partial charge >= 0.3 is 0 Å². The molecule has 1 aliphatic carbocycles. The molecule has 2 aromatic rings. The van der Waals surface area contributed by atoms with Gasteiger partial charge < -0.3 is 9.47 Å². The first-order valence-corrected chi connectivity index (χ1v) is 8.74. The van der Waals surface area contributed by atoms with Crippen LogP contribution in [0.4, 0.5) is 0 Å². The summed E-state index contributed by atoms with van der Waals surface area (Å²) in [7, 11) is 0. The second-order valence-electron chi connectivity index (χ2n) is 6.25. The number of hydrogen-bond acceptors (Lipinski definition) is 3. The van der Waals surface area contributed by atoms with Crippen LogP contribution in [0.2, 0.25) is 0 Å². The zero-order valence-corrected chi connectivity index (χ0v) is 14.2. The summed E-state index contributed by atoms with van der Waals surface area (Å²) in [5.41, 5.74) is 1.27. The minimum absolute atomic E-state index is 0.0206. The number of carbonyl (C=O) groups is 1. The van der Waals surface area contributed by atoms with Crippen molar-refractivity contribution in [1.82, 2.24) is 0 Å². The van der Waals surface area contributed by atoms with Crippen molar-refractivity contribution in [3.8, 4) is 23.8 Å². The van der Waals surface area contributed by atoms with Crippen molar-refractivity contribution in [1.29, 1.82) is 0 Å². The lowest BCUT2D eigenvalue weighted by atomic mass is 9.98. The van der Waals surface area contributed by atoms with Gasteiger partial charge in [0, 0.05) is 11.1 Å². The molecule has 0 atom stereocenters. The summed E-state index contributed by atoms with van der Waals surface area (Å²) in [6.45, 7) is 0.218. The monoisotopic (exact) mass is 334 g/mol. The van der Waals surface area contributed by atoms with Crippen LogP contribution in [-0.2, 0) is 0 Å². The van der Waals surface area contributed by atoms with Crippen LogP contribution in [0, 0.1) is 12.3 Å². The van der Waals surface area contributed by atoms with Crippen molar-refractivity contribution in [3.63, 3.8) is 0 Å². The van der Waals surface area contributed by atoms with Gasteiger partial charge in [-0.1, -0.05) is 12.3 Å². The fourth-order valence-corrected chi connectivity index (χ4v) is 3.05. The molecule has 0 radical (unpaired) electrons. The van der Waals surface area contributed by atoms with Gasteiger partial charge in [0.05, 0.1) is 6.10 Å². The van der Waals surface area contributed by atoms with Crippen molar-refractivity contribution in [3.05, 3.63) is 59.7 Å². The molecule has 0 aromatic heterocycles. The summed E-state index contributed by atoms with van der Waals surface area (Å²) in [4.78, 5) is 12.6. The maximum atomic E-state index is 12.6. The Hall–Kier alpha value is -2.73. The largest absolute Gasteiger partial charge is 0.490 e. The summed E-state index contributed by atoms with van der Waals surface area (Å²) in [6, 6.07) is 14.4. The van der Waals surface area contributed by atoms with E-state index in [1.807, 2.05) is 24.3 Å². The smallest absolute Gasteiger partial charge is 0.193 e. The summed E-state index contributed by atoms with van der Waals surface area (Å²) in [5.74, 6) is 3.88. The number of ether oxygens (including phenoxy) is 2. The van der Waals surface area contributed by atoms with E-state index in [9.17, 15) is 4.79 Å².